The molecule has 0 radical (unpaired) electrons. The first-order chi connectivity index (χ1) is 12.9. The number of nitrogens with one attached hydrogen (secondary N) is 1. The van der Waals surface area contributed by atoms with E-state index in [4.69, 9.17) is 16.3 Å². The Hall–Kier alpha value is -1.86. The first kappa shape index (κ1) is 20.9. The number of benzene rings is 1. The molecule has 0 bridgehead atoms. The van der Waals surface area contributed by atoms with E-state index in [0.29, 0.717) is 16.4 Å². The number of imidazole rings is 1. The largest absolute Gasteiger partial charge is 1.00 e. The summed E-state index contributed by atoms with van der Waals surface area (Å²) in [6.45, 7) is 6.31. The third kappa shape index (κ3) is 3.82. The molecule has 4 aromatic rings. The number of rotatable bonds is 3. The fraction of sp³-hybridized carbons (Fsp3) is 0.250. The van der Waals surface area contributed by atoms with Crippen LogP contribution in [0.15, 0.2) is 42.7 Å². The van der Waals surface area contributed by atoms with Crippen LogP contribution in [0.3, 0.4) is 0 Å². The number of halogens is 1. The van der Waals surface area contributed by atoms with Crippen LogP contribution < -0.4 is 34.3 Å². The van der Waals surface area contributed by atoms with Crippen LogP contribution in [-0.4, -0.2) is 31.8 Å². The van der Waals surface area contributed by atoms with Crippen molar-refractivity contribution in [1.29, 1.82) is 0 Å². The monoisotopic (exact) mass is 405 g/mol. The van der Waals surface area contributed by atoms with Gasteiger partial charge in [0.2, 0.25) is 5.88 Å². The number of ether oxygens (including phenoxy) is 1. The minimum absolute atomic E-state index is 0. The maximum absolute atomic E-state index is 6.33. The van der Waals surface area contributed by atoms with Gasteiger partial charge in [-0.05, 0) is 32.9 Å². The van der Waals surface area contributed by atoms with Gasteiger partial charge in [0.15, 0.2) is 5.52 Å². The zero-order valence-corrected chi connectivity index (χ0v) is 19.4. The molecule has 0 unspecified atom stereocenters. The van der Waals surface area contributed by atoms with E-state index < -0.39 is 0 Å². The molecule has 6 nitrogen and oxygen atoms in total. The Morgan fingerprint density at radius 1 is 1.18 bits per heavy atom. The fourth-order valence-electron chi connectivity index (χ4n) is 2.88. The van der Waals surface area contributed by atoms with Crippen LogP contribution in [0.5, 0.6) is 5.88 Å². The number of pyridine rings is 1. The second kappa shape index (κ2) is 7.87. The number of aromatic nitrogens is 5. The Morgan fingerprint density at radius 2 is 1.93 bits per heavy atom. The number of aromatic amines is 1. The van der Waals surface area contributed by atoms with Crippen molar-refractivity contribution in [2.75, 3.05) is 7.11 Å². The van der Waals surface area contributed by atoms with E-state index in [9.17, 15) is 0 Å². The maximum atomic E-state index is 6.33. The summed E-state index contributed by atoms with van der Waals surface area (Å²) in [5.74, 6) is 1.17. The average Bonchev–Trinajstić information content (AvgIpc) is 3.27. The Kier molecular flexibility index (Phi) is 5.87. The van der Waals surface area contributed by atoms with Crippen LogP contribution >= 0.6 is 11.6 Å². The maximum Gasteiger partial charge on any atom is 1.00 e. The van der Waals surface area contributed by atoms with Crippen molar-refractivity contribution in [1.82, 2.24) is 24.7 Å². The Labute approximate surface area is 192 Å². The number of fused-ring (bicyclic) bond motifs is 1. The van der Waals surface area contributed by atoms with Gasteiger partial charge in [-0.2, -0.15) is 5.10 Å². The van der Waals surface area contributed by atoms with Gasteiger partial charge in [0.05, 0.1) is 35.6 Å². The van der Waals surface area contributed by atoms with Gasteiger partial charge in [0, 0.05) is 16.8 Å². The van der Waals surface area contributed by atoms with E-state index in [-0.39, 0.29) is 36.5 Å². The molecule has 3 aromatic heterocycles. The third-order valence-electron chi connectivity index (χ3n) is 4.32. The van der Waals surface area contributed by atoms with Gasteiger partial charge in [-0.25, -0.2) is 9.97 Å². The van der Waals surface area contributed by atoms with Gasteiger partial charge in [-0.1, -0.05) is 29.8 Å². The number of methoxy groups -OCH3 is 1. The van der Waals surface area contributed by atoms with Crippen molar-refractivity contribution < 1.29 is 35.7 Å². The molecule has 0 aliphatic rings. The Balaban J connectivity index is 0.00000150. The molecule has 0 atom stereocenters. The molecule has 1 aromatic carbocycles. The summed E-state index contributed by atoms with van der Waals surface area (Å²) in [5.41, 5.74) is 3.88. The topological polar surface area (TPSA) is 68.6 Å². The summed E-state index contributed by atoms with van der Waals surface area (Å²) in [6.07, 6.45) is 3.78. The number of nitrogens with zero attached hydrogens (tertiary/aromatic N) is 4. The van der Waals surface area contributed by atoms with Crippen LogP contribution in [0.4, 0.5) is 0 Å². The van der Waals surface area contributed by atoms with Crippen LogP contribution in [0.25, 0.3) is 33.7 Å². The molecule has 0 saturated carbocycles. The second-order valence-corrected chi connectivity index (χ2v) is 7.73. The van der Waals surface area contributed by atoms with E-state index in [0.717, 1.165) is 28.2 Å². The van der Waals surface area contributed by atoms with Crippen LogP contribution in [0.1, 0.15) is 22.2 Å². The molecular formula is C20H21ClN5NaO. The second-order valence-electron chi connectivity index (χ2n) is 7.32. The van der Waals surface area contributed by atoms with E-state index in [1.165, 1.54) is 0 Å². The Bertz CT molecular complexity index is 1140. The minimum Gasteiger partial charge on any atom is -1.00 e. The number of H-pyrrole nitrogens is 1. The van der Waals surface area contributed by atoms with Crippen molar-refractivity contribution in [3.8, 4) is 28.5 Å². The molecule has 1 N–H and O–H groups in total. The zero-order valence-electron chi connectivity index (χ0n) is 17.6. The normalized spacial score (nSPS) is 11.5. The molecule has 0 saturated heterocycles. The molecule has 4 rings (SSSR count). The summed E-state index contributed by atoms with van der Waals surface area (Å²) in [7, 11) is 1.59. The zero-order chi connectivity index (χ0) is 19.2. The first-order valence-corrected chi connectivity index (χ1v) is 9.00. The Morgan fingerprint density at radius 3 is 2.57 bits per heavy atom. The van der Waals surface area contributed by atoms with Gasteiger partial charge >= 0.3 is 29.6 Å². The van der Waals surface area contributed by atoms with E-state index in [2.05, 4.69) is 40.8 Å². The van der Waals surface area contributed by atoms with Crippen molar-refractivity contribution >= 4 is 22.6 Å². The number of hydrogen-bond donors (Lipinski definition) is 1. The van der Waals surface area contributed by atoms with Gasteiger partial charge in [0.25, 0.3) is 0 Å². The van der Waals surface area contributed by atoms with Gasteiger partial charge in [-0.3, -0.25) is 4.68 Å². The standard InChI is InChI=1S/C20H20ClN5O.Na.H/c1-20(2,3)26-11-12(10-22-26)18-23-16-9-15(13-7-5-6-8-14(13)21)24-19(27-4)17(16)25-18;;/h5-11H,1-4H3,(H,23,25);;/q;+1;-1. The van der Waals surface area contributed by atoms with Crippen molar-refractivity contribution in [2.45, 2.75) is 26.3 Å². The molecule has 140 valence electrons. The van der Waals surface area contributed by atoms with Crippen LogP contribution in [0, 0.1) is 0 Å². The average molecular weight is 406 g/mol. The molecule has 0 fully saturated rings. The minimum atomic E-state index is -0.0965. The van der Waals surface area contributed by atoms with Crippen LogP contribution in [-0.2, 0) is 5.54 Å². The summed E-state index contributed by atoms with van der Waals surface area (Å²) >= 11 is 6.33. The molecule has 8 heteroatoms. The summed E-state index contributed by atoms with van der Waals surface area (Å²) < 4.78 is 7.40. The molecule has 0 aliphatic carbocycles. The summed E-state index contributed by atoms with van der Waals surface area (Å²) in [4.78, 5) is 12.6. The van der Waals surface area contributed by atoms with Crippen LogP contribution in [0.2, 0.25) is 5.02 Å². The number of hydrogen-bond acceptors (Lipinski definition) is 4. The van der Waals surface area contributed by atoms with E-state index in [1.807, 2.05) is 41.2 Å². The molecule has 28 heavy (non-hydrogen) atoms. The molecular weight excluding hydrogens is 385 g/mol. The SMILES string of the molecule is COc1nc(-c2ccccc2Cl)cc2[nH]c(-c3cnn(C(C)(C)C)c3)nc12.[H-].[Na+]. The summed E-state index contributed by atoms with van der Waals surface area (Å²) in [5, 5.41) is 5.08. The van der Waals surface area contributed by atoms with Gasteiger partial charge < -0.3 is 11.1 Å². The van der Waals surface area contributed by atoms with Crippen molar-refractivity contribution in [3.63, 3.8) is 0 Å². The van der Waals surface area contributed by atoms with Gasteiger partial charge in [-0.15, -0.1) is 0 Å². The quantitative estimate of drug-likeness (QED) is 0.529. The fourth-order valence-corrected chi connectivity index (χ4v) is 3.12. The van der Waals surface area contributed by atoms with E-state index >= 15 is 0 Å². The molecule has 0 amide bonds. The third-order valence-corrected chi connectivity index (χ3v) is 4.65. The summed E-state index contributed by atoms with van der Waals surface area (Å²) in [6, 6.07) is 9.53. The van der Waals surface area contributed by atoms with Crippen molar-refractivity contribution in [2.24, 2.45) is 0 Å². The predicted octanol–water partition coefficient (Wildman–Crippen LogP) is 2.02. The van der Waals surface area contributed by atoms with Gasteiger partial charge in [0.1, 0.15) is 5.82 Å². The molecule has 0 aliphatic heterocycles. The smallest absolute Gasteiger partial charge is 1.00 e. The molecule has 3 heterocycles. The van der Waals surface area contributed by atoms with E-state index in [1.54, 1.807) is 13.3 Å². The van der Waals surface area contributed by atoms with Crippen molar-refractivity contribution in [3.05, 3.63) is 47.7 Å². The predicted molar refractivity (Wildman–Crippen MR) is 108 cm³/mol. The molecule has 0 spiro atoms. The first-order valence-electron chi connectivity index (χ1n) is 8.62.